The monoisotopic (exact) mass is 995 g/mol. The molecule has 6 aromatic rings. The van der Waals surface area contributed by atoms with E-state index in [1.54, 1.807) is 18.7 Å². The van der Waals surface area contributed by atoms with Crippen molar-refractivity contribution in [3.8, 4) is 0 Å². The smallest absolute Gasteiger partial charge is 0.181 e. The predicted octanol–water partition coefficient (Wildman–Crippen LogP) is 1.56. The fraction of sp³-hybridized carbons (Fsp3) is 0.521. The molecule has 0 fully saturated rings. The highest BCUT2D eigenvalue weighted by atomic mass is 16.5. The van der Waals surface area contributed by atoms with Gasteiger partial charge in [-0.15, -0.1) is 20.4 Å². The van der Waals surface area contributed by atoms with Crippen molar-refractivity contribution >= 4 is 22.7 Å². The number of Topliss-reactive ketones (excluding diaryl/α,β-unsaturated/α-hetero) is 1. The number of aryl methyl sites for hydroxylation is 4. The number of hydrogen-bond acceptors (Lipinski definition) is 20. The Balaban J connectivity index is 0.960. The zero-order valence-electron chi connectivity index (χ0n) is 41.0. The zero-order chi connectivity index (χ0) is 50.3. The van der Waals surface area contributed by atoms with Crippen molar-refractivity contribution in [2.24, 2.45) is 22.9 Å². The van der Waals surface area contributed by atoms with Crippen LogP contribution in [0.3, 0.4) is 0 Å². The summed E-state index contributed by atoms with van der Waals surface area (Å²) in [5, 5.41) is 44.9. The molecule has 0 radical (unpaired) electrons. The van der Waals surface area contributed by atoms with E-state index in [0.717, 1.165) is 59.8 Å². The number of hydrogen-bond donors (Lipinski definition) is 5. The summed E-state index contributed by atoms with van der Waals surface area (Å²) in [6.45, 7) is 10.3. The van der Waals surface area contributed by atoms with Crippen LogP contribution in [0.15, 0.2) is 79.1 Å². The highest BCUT2D eigenvalue weighted by Crippen LogP contribution is 2.43. The van der Waals surface area contributed by atoms with Crippen LogP contribution in [0.5, 0.6) is 0 Å². The second kappa shape index (κ2) is 28.5. The second-order valence-corrected chi connectivity index (χ2v) is 17.3. The number of aromatic nitrogens is 12. The van der Waals surface area contributed by atoms with Crippen LogP contribution < -0.4 is 32.7 Å². The third-order valence-electron chi connectivity index (χ3n) is 11.9. The van der Waals surface area contributed by atoms with Crippen molar-refractivity contribution in [1.82, 2.24) is 60.0 Å². The summed E-state index contributed by atoms with van der Waals surface area (Å²) >= 11 is 0. The zero-order valence-corrected chi connectivity index (χ0v) is 41.0. The average molecular weight is 995 g/mol. The number of nitrogens with two attached hydrogens (primary N) is 4. The van der Waals surface area contributed by atoms with E-state index in [4.69, 9.17) is 41.9 Å². The van der Waals surface area contributed by atoms with Crippen LogP contribution in [-0.4, -0.2) is 150 Å². The van der Waals surface area contributed by atoms with E-state index in [9.17, 15) is 9.90 Å². The van der Waals surface area contributed by atoms with E-state index < -0.39 is 5.92 Å². The van der Waals surface area contributed by atoms with Crippen LogP contribution >= 0.6 is 0 Å². The van der Waals surface area contributed by atoms with Crippen molar-refractivity contribution in [3.05, 3.63) is 113 Å². The molecule has 1 aliphatic rings. The van der Waals surface area contributed by atoms with Crippen molar-refractivity contribution < 1.29 is 28.8 Å². The summed E-state index contributed by atoms with van der Waals surface area (Å²) in [7, 11) is 0. The van der Waals surface area contributed by atoms with Gasteiger partial charge >= 0.3 is 0 Å². The summed E-state index contributed by atoms with van der Waals surface area (Å²) in [4.78, 5) is 18.1. The number of carbonyl (C=O) groups is 1. The molecule has 0 saturated heterocycles. The molecule has 0 bridgehead atoms. The van der Waals surface area contributed by atoms with Crippen LogP contribution in [0.1, 0.15) is 65.5 Å². The molecule has 1 atom stereocenters. The minimum absolute atomic E-state index is 0.0395. The Bertz CT molecular complexity index is 2430. The minimum Gasteiger partial charge on any atom is -0.510 e. The Hall–Kier alpha value is -6.51. The number of aliphatic hydroxyl groups excluding tert-OH is 1. The van der Waals surface area contributed by atoms with Gasteiger partial charge in [0.1, 0.15) is 34.5 Å². The molecule has 1 aliphatic carbocycles. The van der Waals surface area contributed by atoms with Crippen LogP contribution in [0.2, 0.25) is 0 Å². The number of ether oxygens (including phenoxy) is 4. The normalized spacial score (nSPS) is 13.6. The van der Waals surface area contributed by atoms with Crippen molar-refractivity contribution in [1.29, 1.82) is 0 Å². The maximum absolute atomic E-state index is 13.8. The van der Waals surface area contributed by atoms with Gasteiger partial charge in [0.2, 0.25) is 0 Å². The molecule has 24 nitrogen and oxygen atoms in total. The molecule has 2 aromatic carbocycles. The van der Waals surface area contributed by atoms with Crippen molar-refractivity contribution in [2.75, 3.05) is 88.6 Å². The van der Waals surface area contributed by atoms with Crippen LogP contribution in [0.4, 0.5) is 11.4 Å². The molecular weight excluding hydrogens is 925 g/mol. The Labute approximate surface area is 419 Å². The molecule has 0 saturated carbocycles. The molecule has 72 heavy (non-hydrogen) atoms. The van der Waals surface area contributed by atoms with Gasteiger partial charge in [-0.25, -0.2) is 0 Å². The maximum Gasteiger partial charge on any atom is 0.181 e. The number of ketones is 1. The lowest BCUT2D eigenvalue weighted by molar-refractivity contribution is -0.116. The number of aliphatic hydroxyl groups is 1. The molecule has 1 unspecified atom stereocenters. The van der Waals surface area contributed by atoms with Gasteiger partial charge < -0.3 is 56.8 Å². The van der Waals surface area contributed by atoms with Gasteiger partial charge in [-0.2, -0.15) is 0 Å². The van der Waals surface area contributed by atoms with Gasteiger partial charge in [-0.3, -0.25) is 23.5 Å². The van der Waals surface area contributed by atoms with E-state index in [2.05, 4.69) is 51.0 Å². The van der Waals surface area contributed by atoms with E-state index in [1.165, 1.54) is 0 Å². The molecule has 0 spiro atoms. The fourth-order valence-electron chi connectivity index (χ4n) is 7.99. The van der Waals surface area contributed by atoms with Crippen LogP contribution in [0.25, 0.3) is 5.57 Å². The first-order valence-electron chi connectivity index (χ1n) is 24.7. The third-order valence-corrected chi connectivity index (χ3v) is 11.9. The van der Waals surface area contributed by atoms with E-state index in [0.29, 0.717) is 148 Å². The van der Waals surface area contributed by atoms with Crippen LogP contribution in [-0.2, 0) is 76.3 Å². The average Bonchev–Trinajstić information content (AvgIpc) is 4.25. The van der Waals surface area contributed by atoms with Gasteiger partial charge in [-0.05, 0) is 87.3 Å². The Morgan fingerprint density at radius 1 is 0.486 bits per heavy atom. The third kappa shape index (κ3) is 15.7. The summed E-state index contributed by atoms with van der Waals surface area (Å²) in [6, 6.07) is 15.3. The summed E-state index contributed by atoms with van der Waals surface area (Å²) in [6.07, 6.45) is 10.8. The van der Waals surface area contributed by atoms with E-state index in [1.807, 2.05) is 73.3 Å². The second-order valence-electron chi connectivity index (χ2n) is 17.3. The first-order valence-corrected chi connectivity index (χ1v) is 24.7. The SMILES string of the molecule is NCCCn1cc(COCCN(CCOCc2cn(CCCN)nn2)c2ccc(C3=C(O)C(c4ccc(N(CCOCc5cn(CCCN)nn5)CCOCc5cn(CCCN)nn5)cc4)C3=O)cc2)nn1. The molecule has 4 heterocycles. The lowest BCUT2D eigenvalue weighted by Gasteiger charge is -2.30. The van der Waals surface area contributed by atoms with Gasteiger partial charge in [-0.1, -0.05) is 45.1 Å². The Kier molecular flexibility index (Phi) is 21.1. The largest absolute Gasteiger partial charge is 0.510 e. The van der Waals surface area contributed by atoms with Gasteiger partial charge in [0.15, 0.2) is 5.78 Å². The van der Waals surface area contributed by atoms with Crippen molar-refractivity contribution in [2.45, 2.75) is 84.2 Å². The molecule has 4 aromatic heterocycles. The summed E-state index contributed by atoms with van der Waals surface area (Å²) < 4.78 is 31.2. The Morgan fingerprint density at radius 3 is 1.11 bits per heavy atom. The first-order chi connectivity index (χ1) is 35.3. The first kappa shape index (κ1) is 53.3. The highest BCUT2D eigenvalue weighted by Gasteiger charge is 2.41. The Morgan fingerprint density at radius 2 is 0.806 bits per heavy atom. The fourth-order valence-corrected chi connectivity index (χ4v) is 7.99. The van der Waals surface area contributed by atoms with Gasteiger partial charge in [0, 0.05) is 63.7 Å². The standard InChI is InChI=1S/C48H70N18O6/c49-13-1-17-63-29-39(53-57-63)33-69-25-21-61(22-26-70-34-40-30-64(58-54-40)18-2-14-50)43-9-5-37(6-10-43)45-47(67)46(48(45)68)38-7-11-44(12-8-38)62(23-27-71-35-41-31-65(59-55-41)19-3-15-51)24-28-72-36-42-32-66(60-56-42)20-4-16-52/h5-12,29-32,45,67H,1-4,13-28,33-36,49-52H2. The molecule has 24 heteroatoms. The molecule has 7 rings (SSSR count). The molecule has 388 valence electrons. The lowest BCUT2D eigenvalue weighted by Crippen LogP contribution is -2.31. The van der Waals surface area contributed by atoms with Gasteiger partial charge in [0.25, 0.3) is 0 Å². The molecule has 9 N–H and O–H groups in total. The van der Waals surface area contributed by atoms with Crippen molar-refractivity contribution in [3.63, 3.8) is 0 Å². The minimum atomic E-state index is -0.763. The molecule has 0 amide bonds. The number of rotatable bonds is 36. The number of carbonyl (C=O) groups excluding carboxylic acids is 1. The highest BCUT2D eigenvalue weighted by molar-refractivity contribution is 6.31. The predicted molar refractivity (Wildman–Crippen MR) is 268 cm³/mol. The quantitative estimate of drug-likeness (QED) is 0.0349. The lowest BCUT2D eigenvalue weighted by atomic mass is 9.75. The summed E-state index contributed by atoms with van der Waals surface area (Å²) in [5.41, 5.74) is 29.0. The van der Waals surface area contributed by atoms with Crippen LogP contribution in [0, 0.1) is 0 Å². The topological polar surface area (TPSA) is 308 Å². The van der Waals surface area contributed by atoms with Gasteiger partial charge in [0.05, 0.1) is 83.2 Å². The molecule has 0 aliphatic heterocycles. The number of allylic oxidation sites excluding steroid dienone is 2. The molecular formula is C48H70N18O6. The number of nitrogens with zero attached hydrogens (tertiary/aromatic N) is 14. The van der Waals surface area contributed by atoms with E-state index in [-0.39, 0.29) is 11.5 Å². The summed E-state index contributed by atoms with van der Waals surface area (Å²) in [5.74, 6) is -0.872. The van der Waals surface area contributed by atoms with E-state index >= 15 is 0 Å². The number of benzene rings is 2. The maximum atomic E-state index is 13.8. The number of anilines is 2.